The van der Waals surface area contributed by atoms with E-state index in [1.807, 2.05) is 89.2 Å². The fourth-order valence-corrected chi connectivity index (χ4v) is 14.7. The Morgan fingerprint density at radius 3 is 1.86 bits per heavy atom. The van der Waals surface area contributed by atoms with Crippen LogP contribution >= 0.6 is 11.6 Å². The number of esters is 2. The van der Waals surface area contributed by atoms with Crippen molar-refractivity contribution < 1.29 is 70.5 Å². The predicted molar refractivity (Wildman–Crippen MR) is 451 cm³/mol. The molecule has 4 amide bonds. The molecule has 614 valence electrons. The van der Waals surface area contributed by atoms with Gasteiger partial charge >= 0.3 is 11.9 Å². The third-order valence-corrected chi connectivity index (χ3v) is 21.5. The highest BCUT2D eigenvalue weighted by molar-refractivity contribution is 7.90. The largest absolute Gasteiger partial charge is 0.481 e. The van der Waals surface area contributed by atoms with Gasteiger partial charge in [0.25, 0.3) is 17.7 Å². The van der Waals surface area contributed by atoms with Gasteiger partial charge in [0.15, 0.2) is 22.0 Å². The molecule has 0 spiro atoms. The van der Waals surface area contributed by atoms with Gasteiger partial charge in [0.1, 0.15) is 30.7 Å². The molecule has 5 unspecified atom stereocenters. The number of nitrogens with one attached hydrogen (secondary N) is 6. The average molecular weight is 1650 g/mol. The van der Waals surface area contributed by atoms with E-state index in [1.54, 1.807) is 100 Å². The fourth-order valence-electron chi connectivity index (χ4n) is 13.8. The van der Waals surface area contributed by atoms with Crippen molar-refractivity contribution >= 4 is 120 Å². The number of aryl methyl sites for hydroxylation is 5. The quantitative estimate of drug-likeness (QED) is 0.0256. The van der Waals surface area contributed by atoms with Gasteiger partial charge in [-0.25, -0.2) is 23.4 Å². The Balaban J connectivity index is 0.000000177. The number of H-pyrrole nitrogens is 2. The molecule has 119 heavy (non-hydrogen) atoms. The number of fused-ring (bicyclic) bond motifs is 2. The summed E-state index contributed by atoms with van der Waals surface area (Å²) < 4.78 is 45.2. The lowest BCUT2D eigenvalue weighted by Gasteiger charge is -2.29. The number of rotatable bonds is 23. The van der Waals surface area contributed by atoms with Crippen molar-refractivity contribution in [3.8, 4) is 17.6 Å². The Morgan fingerprint density at radius 2 is 1.23 bits per heavy atom. The Morgan fingerprint density at radius 1 is 0.647 bits per heavy atom. The number of carbonyl (C=O) groups excluding carboxylic acids is 9. The first kappa shape index (κ1) is 86.4. The maximum Gasteiger partial charge on any atom is 0.325 e. The summed E-state index contributed by atoms with van der Waals surface area (Å²) in [4.78, 5) is 137. The fraction of sp³-hybridized carbons (Fsp3) is 0.281. The molecule has 5 aliphatic rings. The number of nitrogens with zero attached hydrogens (tertiary/aromatic N) is 7. The van der Waals surface area contributed by atoms with Gasteiger partial charge in [-0.3, -0.25) is 48.2 Å². The van der Waals surface area contributed by atoms with Gasteiger partial charge in [-0.15, -0.1) is 0 Å². The Hall–Kier alpha value is -13.5. The predicted octanol–water partition coefficient (Wildman–Crippen LogP) is 12.8. The zero-order valence-electron chi connectivity index (χ0n) is 67.9. The number of hydrogen-bond acceptors (Lipinski definition) is 22. The van der Waals surface area contributed by atoms with Crippen LogP contribution in [0, 0.1) is 51.9 Å². The zero-order valence-corrected chi connectivity index (χ0v) is 69.5. The van der Waals surface area contributed by atoms with Crippen LogP contribution in [0.1, 0.15) is 144 Å². The summed E-state index contributed by atoms with van der Waals surface area (Å²) in [6.07, 6.45) is 9.49. The monoisotopic (exact) mass is 1650 g/mol. The molecular weight excluding hydrogens is 1560 g/mol. The molecular formula is C89H90ClN13O15S. The number of allylic oxidation sites excluding steroid dienone is 6. The van der Waals surface area contributed by atoms with Crippen molar-refractivity contribution in [1.29, 1.82) is 5.26 Å². The normalized spacial score (nSPS) is 17.5. The molecule has 1 fully saturated rings. The van der Waals surface area contributed by atoms with E-state index in [0.29, 0.717) is 97.3 Å². The summed E-state index contributed by atoms with van der Waals surface area (Å²) in [5.74, 6) is -3.73. The highest BCUT2D eigenvalue weighted by atomic mass is 35.5. The second-order valence-corrected chi connectivity index (χ2v) is 31.5. The van der Waals surface area contributed by atoms with Crippen LogP contribution < -0.4 is 40.5 Å². The summed E-state index contributed by atoms with van der Waals surface area (Å²) in [5, 5.41) is 27.9. The highest BCUT2D eigenvalue weighted by Gasteiger charge is 2.41. The van der Waals surface area contributed by atoms with Crippen molar-refractivity contribution in [2.45, 2.75) is 132 Å². The second kappa shape index (κ2) is 37.6. The average Bonchev–Trinajstić information content (AvgIpc) is 1.64. The smallest absolute Gasteiger partial charge is 0.325 e. The van der Waals surface area contributed by atoms with E-state index in [1.165, 1.54) is 42.6 Å². The number of carbonyl (C=O) groups is 9. The zero-order chi connectivity index (χ0) is 85.8. The third kappa shape index (κ3) is 20.5. The molecule has 3 aliphatic carbocycles. The second-order valence-electron chi connectivity index (χ2n) is 29.1. The van der Waals surface area contributed by atoms with Crippen molar-refractivity contribution in [1.82, 2.24) is 36.4 Å². The molecule has 13 rings (SSSR count). The molecule has 28 nitrogen and oxygen atoms in total. The molecule has 0 bridgehead atoms. The van der Waals surface area contributed by atoms with Crippen molar-refractivity contribution in [2.24, 2.45) is 20.9 Å². The SMILES string of the molecule is CCC(Oc1ccc(C)cc1C)C(=O)NC1=CC(=Nc2ccc(N3C(C)CCC3C)cc2C#N)c2[nH]ccc2C1=O.CCOC(=O)CN(CC(=O)OCC)c1ccc(N=C2C=C(NC(=O)C(C)Oc3ccc(C)cc3)C(=O)C3=C2NC(=O)C3C)c(C)c1.Cc1ccc(N=C2C=C(NC(=O)c3ccc(S(C)(=O)=O)cc3)C(=O)c3cn[nH]c32)c(Cl)c1. The number of amides is 4. The minimum atomic E-state index is -3.39. The van der Waals surface area contributed by atoms with Crippen LogP contribution in [0.25, 0.3) is 0 Å². The van der Waals surface area contributed by atoms with Gasteiger partial charge in [-0.1, -0.05) is 60.0 Å². The molecule has 1 saturated heterocycles. The highest BCUT2D eigenvalue weighted by Crippen LogP contribution is 2.37. The van der Waals surface area contributed by atoms with Crippen LogP contribution in [0.15, 0.2) is 206 Å². The maximum absolute atomic E-state index is 13.5. The van der Waals surface area contributed by atoms with E-state index in [4.69, 9.17) is 40.5 Å². The van der Waals surface area contributed by atoms with Crippen molar-refractivity contribution in [2.75, 3.05) is 42.4 Å². The first-order valence-corrected chi connectivity index (χ1v) is 40.8. The van der Waals surface area contributed by atoms with E-state index in [-0.39, 0.29) is 88.1 Å². The Labute approximate surface area is 693 Å². The van der Waals surface area contributed by atoms with Gasteiger partial charge in [0.05, 0.1) is 120 Å². The number of anilines is 2. The number of aliphatic imine (C=N–C) groups is 3. The number of ketones is 3. The van der Waals surface area contributed by atoms with Gasteiger partial charge in [-0.05, 0) is 227 Å². The van der Waals surface area contributed by atoms with Gasteiger partial charge in [0, 0.05) is 47.0 Å². The molecule has 30 heteroatoms. The number of aromatic amines is 2. The molecule has 6 N–H and O–H groups in total. The number of Topliss-reactive ketones (excluding diaryl/α,β-unsaturated/α-hetero) is 3. The van der Waals surface area contributed by atoms with E-state index in [9.17, 15) is 56.8 Å². The topological polar surface area (TPSA) is 385 Å². The van der Waals surface area contributed by atoms with Gasteiger partial charge in [-0.2, -0.15) is 10.4 Å². The summed E-state index contributed by atoms with van der Waals surface area (Å²) in [7, 11) is -3.39. The van der Waals surface area contributed by atoms with Crippen LogP contribution in [-0.2, 0) is 48.1 Å². The summed E-state index contributed by atoms with van der Waals surface area (Å²) in [6, 6.07) is 39.5. The van der Waals surface area contributed by atoms with E-state index >= 15 is 0 Å². The number of halogens is 1. The molecule has 0 radical (unpaired) electrons. The summed E-state index contributed by atoms with van der Waals surface area (Å²) in [5.41, 5.74) is 11.7. The third-order valence-electron chi connectivity index (χ3n) is 20.1. The van der Waals surface area contributed by atoms with Crippen molar-refractivity contribution in [3.05, 3.63) is 253 Å². The molecule has 2 aliphatic heterocycles. The van der Waals surface area contributed by atoms with E-state index in [0.717, 1.165) is 47.0 Å². The first-order chi connectivity index (χ1) is 56.7. The van der Waals surface area contributed by atoms with Crippen LogP contribution in [-0.4, -0.2) is 151 Å². The van der Waals surface area contributed by atoms with Crippen LogP contribution in [0.5, 0.6) is 11.5 Å². The first-order valence-electron chi connectivity index (χ1n) is 38.5. The number of benzene rings is 6. The minimum absolute atomic E-state index is 0.0121. The lowest BCUT2D eigenvalue weighted by molar-refractivity contribution is -0.142. The number of aromatic nitrogens is 3. The number of nitriles is 1. The number of sulfone groups is 1. The lowest BCUT2D eigenvalue weighted by atomic mass is 9.90. The summed E-state index contributed by atoms with van der Waals surface area (Å²) >= 11 is 6.29. The van der Waals surface area contributed by atoms with E-state index in [2.05, 4.69) is 66.3 Å². The number of hydrogen-bond donors (Lipinski definition) is 6. The van der Waals surface area contributed by atoms with Crippen LogP contribution in [0.2, 0.25) is 5.02 Å². The molecule has 5 atom stereocenters. The molecule has 0 saturated carbocycles. The Kier molecular flexibility index (Phi) is 27.3. The molecule has 4 heterocycles. The van der Waals surface area contributed by atoms with Crippen molar-refractivity contribution in [3.63, 3.8) is 0 Å². The van der Waals surface area contributed by atoms with Crippen LogP contribution in [0.3, 0.4) is 0 Å². The standard InChI is InChI=1S/C34H38N4O8.C33H35N5O3.C22H17ClN4O4S/c1-7-44-28(39)17-38(18-29(40)45-8-2)23-11-14-25(20(4)15-23)35-26-16-27(32(41)30-21(5)33(42)37-31(26)30)36-34(43)22(6)46-24-12-9-19(3)10-13-24;1-6-29(41-30-12-7-19(2)15-20(30)3)33(40)37-28-17-27(31-25(32(28)39)13-14-35-31)36-26-11-10-24(16-23(26)18-34)38-21(4)8-9-22(38)5;1-12-3-8-17(16(23)9-12)25-18-10-19(21(28)15-11-24-27-20(15)18)26-22(29)13-4-6-14(7-5-13)32(2,30)31/h9-16,21-22H,7-8,17-18H2,1-6H3,(H,36,43)(H,37,42);7,10-17,21-22,29,35H,6,8-9H2,1-5H3,(H,37,40);3-11H,1-2H3,(H,24,27)(H,26,29). The van der Waals surface area contributed by atoms with E-state index < -0.39 is 69.2 Å². The molecule has 8 aromatic rings. The summed E-state index contributed by atoms with van der Waals surface area (Å²) in [6.45, 7) is 22.5. The maximum atomic E-state index is 13.5. The Bertz CT molecular complexity index is 5760. The molecule has 2 aromatic heterocycles. The van der Waals surface area contributed by atoms with Gasteiger partial charge < -0.3 is 55.0 Å². The van der Waals surface area contributed by atoms with Gasteiger partial charge in [0.2, 0.25) is 23.3 Å². The van der Waals surface area contributed by atoms with Crippen LogP contribution in [0.4, 0.5) is 28.4 Å². The number of ether oxygens (including phenoxy) is 4. The lowest BCUT2D eigenvalue weighted by Crippen LogP contribution is -2.40. The molecule has 6 aromatic carbocycles. The minimum Gasteiger partial charge on any atom is -0.481 e.